The molecule has 0 saturated carbocycles. The van der Waals surface area contributed by atoms with Crippen molar-refractivity contribution in [3.05, 3.63) is 69.2 Å². The lowest BCUT2D eigenvalue weighted by atomic mass is 9.96. The minimum Gasteiger partial charge on any atom is -0.316 e. The molecule has 0 amide bonds. The van der Waals surface area contributed by atoms with Crippen LogP contribution in [0.3, 0.4) is 0 Å². The van der Waals surface area contributed by atoms with E-state index in [0.29, 0.717) is 6.04 Å². The lowest BCUT2D eigenvalue weighted by molar-refractivity contribution is 0.555. The van der Waals surface area contributed by atoms with Gasteiger partial charge in [-0.3, -0.25) is 0 Å². The Morgan fingerprint density at radius 1 is 0.950 bits per heavy atom. The predicted octanol–water partition coefficient (Wildman–Crippen LogP) is 4.68. The Morgan fingerprint density at radius 3 is 2.20 bits per heavy atom. The van der Waals surface area contributed by atoms with E-state index in [1.165, 1.54) is 11.1 Å². The molecular weight excluding hydrogens is 289 g/mol. The second-order valence-electron chi connectivity index (χ2n) is 5.02. The first-order valence-corrected chi connectivity index (χ1v) is 7.52. The Bertz CT molecular complexity index is 561. The van der Waals surface area contributed by atoms with Crippen LogP contribution in [0.1, 0.15) is 16.7 Å². The van der Waals surface area contributed by atoms with Gasteiger partial charge in [-0.15, -0.1) is 0 Å². The minimum absolute atomic E-state index is 0.313. The number of aryl methyl sites for hydroxylation is 1. The van der Waals surface area contributed by atoms with Crippen molar-refractivity contribution in [2.45, 2.75) is 25.8 Å². The van der Waals surface area contributed by atoms with Crippen LogP contribution in [-0.4, -0.2) is 13.1 Å². The highest BCUT2D eigenvalue weighted by Crippen LogP contribution is 2.26. The molecule has 0 aromatic heterocycles. The van der Waals surface area contributed by atoms with Crippen molar-refractivity contribution in [2.75, 3.05) is 7.05 Å². The zero-order valence-corrected chi connectivity index (χ0v) is 13.3. The van der Waals surface area contributed by atoms with Gasteiger partial charge in [0.25, 0.3) is 0 Å². The van der Waals surface area contributed by atoms with Gasteiger partial charge in [-0.25, -0.2) is 0 Å². The minimum atomic E-state index is 0.313. The van der Waals surface area contributed by atoms with Crippen molar-refractivity contribution in [1.29, 1.82) is 0 Å². The normalized spacial score (nSPS) is 12.4. The molecule has 0 fully saturated rings. The number of hydrogen-bond donors (Lipinski definition) is 1. The van der Waals surface area contributed by atoms with E-state index in [-0.39, 0.29) is 0 Å². The van der Waals surface area contributed by atoms with Crippen molar-refractivity contribution < 1.29 is 0 Å². The molecule has 0 radical (unpaired) electrons. The monoisotopic (exact) mass is 307 g/mol. The second-order valence-corrected chi connectivity index (χ2v) is 5.83. The quantitative estimate of drug-likeness (QED) is 0.846. The van der Waals surface area contributed by atoms with E-state index >= 15 is 0 Å². The number of nitrogens with one attached hydrogen (secondary N) is 1. The van der Waals surface area contributed by atoms with Crippen molar-refractivity contribution in [2.24, 2.45) is 0 Å². The molecule has 0 heterocycles. The van der Waals surface area contributed by atoms with Gasteiger partial charge in [0.2, 0.25) is 0 Å². The third-order valence-corrected chi connectivity index (χ3v) is 4.36. The van der Waals surface area contributed by atoms with Crippen LogP contribution in [0.2, 0.25) is 10.0 Å². The molecule has 2 aromatic rings. The summed E-state index contributed by atoms with van der Waals surface area (Å²) in [4.78, 5) is 0. The third-order valence-electron chi connectivity index (χ3n) is 3.65. The molecule has 3 heteroatoms. The maximum atomic E-state index is 6.25. The molecule has 1 atom stereocenters. The highest BCUT2D eigenvalue weighted by molar-refractivity contribution is 6.36. The van der Waals surface area contributed by atoms with E-state index in [9.17, 15) is 0 Å². The molecule has 106 valence electrons. The first-order valence-electron chi connectivity index (χ1n) is 6.76. The maximum Gasteiger partial charge on any atom is 0.0453 e. The molecule has 0 spiro atoms. The molecule has 0 saturated heterocycles. The van der Waals surface area contributed by atoms with Crippen LogP contribution in [0.5, 0.6) is 0 Å². The first kappa shape index (κ1) is 15.4. The van der Waals surface area contributed by atoms with Gasteiger partial charge in [0, 0.05) is 16.1 Å². The second kappa shape index (κ2) is 7.12. The van der Waals surface area contributed by atoms with E-state index in [2.05, 4.69) is 36.5 Å². The summed E-state index contributed by atoms with van der Waals surface area (Å²) in [6.45, 7) is 2.14. The van der Waals surface area contributed by atoms with Gasteiger partial charge < -0.3 is 5.32 Å². The van der Waals surface area contributed by atoms with Crippen molar-refractivity contribution >= 4 is 23.2 Å². The van der Waals surface area contributed by atoms with Gasteiger partial charge in [0.1, 0.15) is 0 Å². The summed E-state index contributed by atoms with van der Waals surface area (Å²) in [5, 5.41) is 4.84. The fourth-order valence-corrected chi connectivity index (χ4v) is 2.91. The third kappa shape index (κ3) is 3.76. The Kier molecular flexibility index (Phi) is 5.47. The van der Waals surface area contributed by atoms with Crippen LogP contribution in [0, 0.1) is 6.92 Å². The molecule has 2 aromatic carbocycles. The topological polar surface area (TPSA) is 12.0 Å². The zero-order chi connectivity index (χ0) is 14.5. The largest absolute Gasteiger partial charge is 0.316 e. The average Bonchev–Trinajstić information content (AvgIpc) is 2.44. The highest BCUT2D eigenvalue weighted by atomic mass is 35.5. The van der Waals surface area contributed by atoms with Crippen LogP contribution in [0.15, 0.2) is 42.5 Å². The predicted molar refractivity (Wildman–Crippen MR) is 87.9 cm³/mol. The fraction of sp³-hybridized carbons (Fsp3) is 0.294. The molecular formula is C17H19Cl2N. The molecule has 1 unspecified atom stereocenters. The Labute approximate surface area is 130 Å². The Balaban J connectivity index is 2.16. The van der Waals surface area contributed by atoms with Gasteiger partial charge >= 0.3 is 0 Å². The van der Waals surface area contributed by atoms with E-state index in [4.69, 9.17) is 23.2 Å². The van der Waals surface area contributed by atoms with Gasteiger partial charge in [0.15, 0.2) is 0 Å². The summed E-state index contributed by atoms with van der Waals surface area (Å²) in [5.41, 5.74) is 3.69. The lowest BCUT2D eigenvalue weighted by Gasteiger charge is -2.19. The number of benzene rings is 2. The van der Waals surface area contributed by atoms with Crippen LogP contribution < -0.4 is 5.32 Å². The standard InChI is InChI=1S/C17H19Cl2N/c1-12-6-3-4-7-13(12)10-14(20-2)11-15-16(18)8-5-9-17(15)19/h3-9,14,20H,10-11H2,1-2H3. The SMILES string of the molecule is CNC(Cc1ccccc1C)Cc1c(Cl)cccc1Cl. The number of halogens is 2. The molecule has 0 aliphatic carbocycles. The number of rotatable bonds is 5. The van der Waals surface area contributed by atoms with Gasteiger partial charge in [-0.05, 0) is 55.6 Å². The number of hydrogen-bond acceptors (Lipinski definition) is 1. The molecule has 0 aliphatic heterocycles. The summed E-state index contributed by atoms with van der Waals surface area (Å²) in [5.74, 6) is 0. The van der Waals surface area contributed by atoms with Crippen LogP contribution >= 0.6 is 23.2 Å². The molecule has 1 N–H and O–H groups in total. The van der Waals surface area contributed by atoms with Crippen molar-refractivity contribution in [3.63, 3.8) is 0 Å². The van der Waals surface area contributed by atoms with Crippen LogP contribution in [0.4, 0.5) is 0 Å². The van der Waals surface area contributed by atoms with Gasteiger partial charge in [0.05, 0.1) is 0 Å². The van der Waals surface area contributed by atoms with Crippen LogP contribution in [0.25, 0.3) is 0 Å². The fourth-order valence-electron chi connectivity index (χ4n) is 2.35. The van der Waals surface area contributed by atoms with E-state index in [1.807, 2.05) is 25.2 Å². The zero-order valence-electron chi connectivity index (χ0n) is 11.8. The van der Waals surface area contributed by atoms with Crippen molar-refractivity contribution in [1.82, 2.24) is 5.32 Å². The van der Waals surface area contributed by atoms with Crippen molar-refractivity contribution in [3.8, 4) is 0 Å². The van der Waals surface area contributed by atoms with Gasteiger partial charge in [-0.1, -0.05) is 53.5 Å². The molecule has 0 bridgehead atoms. The number of likely N-dealkylation sites (N-methyl/N-ethyl adjacent to an activating group) is 1. The highest BCUT2D eigenvalue weighted by Gasteiger charge is 2.14. The summed E-state index contributed by atoms with van der Waals surface area (Å²) in [6, 6.07) is 14.4. The van der Waals surface area contributed by atoms with Gasteiger partial charge in [-0.2, -0.15) is 0 Å². The molecule has 20 heavy (non-hydrogen) atoms. The molecule has 2 rings (SSSR count). The maximum absolute atomic E-state index is 6.25. The van der Waals surface area contributed by atoms with Crippen LogP contribution in [-0.2, 0) is 12.8 Å². The summed E-state index contributed by atoms with van der Waals surface area (Å²) >= 11 is 12.5. The first-order chi connectivity index (χ1) is 9.61. The smallest absolute Gasteiger partial charge is 0.0453 e. The van der Waals surface area contributed by atoms with E-state index in [1.54, 1.807) is 0 Å². The Hall–Kier alpha value is -1.02. The van der Waals surface area contributed by atoms with E-state index < -0.39 is 0 Å². The summed E-state index contributed by atoms with van der Waals surface area (Å²) in [7, 11) is 1.98. The summed E-state index contributed by atoms with van der Waals surface area (Å²) in [6.07, 6.45) is 1.79. The lowest BCUT2D eigenvalue weighted by Crippen LogP contribution is -2.30. The molecule has 1 nitrogen and oxygen atoms in total. The molecule has 0 aliphatic rings. The average molecular weight is 308 g/mol. The van der Waals surface area contributed by atoms with E-state index in [0.717, 1.165) is 28.5 Å². The Morgan fingerprint density at radius 2 is 1.60 bits per heavy atom. The summed E-state index contributed by atoms with van der Waals surface area (Å²) < 4.78 is 0.